The molecule has 0 radical (unpaired) electrons. The molecule has 2 aromatic rings. The molecule has 3 heterocycles. The summed E-state index contributed by atoms with van der Waals surface area (Å²) in [6.07, 6.45) is 6.71. The quantitative estimate of drug-likeness (QED) is 0.825. The molecular weight excluding hydrogens is 328 g/mol. The van der Waals surface area contributed by atoms with Gasteiger partial charge in [0.05, 0.1) is 12.4 Å². The van der Waals surface area contributed by atoms with Gasteiger partial charge in [0.15, 0.2) is 11.9 Å². The highest BCUT2D eigenvalue weighted by atomic mass is 35.5. The van der Waals surface area contributed by atoms with E-state index in [0.29, 0.717) is 16.8 Å². The number of halogens is 1. The molecule has 2 aliphatic rings. The van der Waals surface area contributed by atoms with Crippen LogP contribution in [-0.4, -0.2) is 23.0 Å². The van der Waals surface area contributed by atoms with Gasteiger partial charge in [-0.05, 0) is 29.4 Å². The number of hydrogen-bond acceptors (Lipinski definition) is 5. The Morgan fingerprint density at radius 3 is 2.71 bits per heavy atom. The van der Waals surface area contributed by atoms with E-state index in [0.717, 1.165) is 11.4 Å². The molecule has 0 spiro atoms. The number of guanidine groups is 1. The smallest absolute Gasteiger partial charge is 0.287 e. The number of anilines is 1. The third-order valence-corrected chi connectivity index (χ3v) is 3.89. The molecule has 118 valence electrons. The predicted octanol–water partition coefficient (Wildman–Crippen LogP) is 2.69. The average molecular weight is 340 g/mol. The van der Waals surface area contributed by atoms with Gasteiger partial charge in [-0.15, -0.1) is 0 Å². The minimum Gasteiger partial charge on any atom is -0.323 e. The Labute approximate surface area is 141 Å². The molecule has 7 nitrogen and oxygen atoms in total. The third-order valence-electron chi connectivity index (χ3n) is 3.64. The number of quaternary nitrogens is 1. The highest BCUT2D eigenvalue weighted by Gasteiger charge is 2.42. The van der Waals surface area contributed by atoms with E-state index in [2.05, 4.69) is 25.4 Å². The van der Waals surface area contributed by atoms with Crippen molar-refractivity contribution in [1.82, 2.24) is 9.58 Å². The summed E-state index contributed by atoms with van der Waals surface area (Å²) in [5.74, 6) is 1.07. The van der Waals surface area contributed by atoms with Crippen LogP contribution >= 0.6 is 11.6 Å². The summed E-state index contributed by atoms with van der Waals surface area (Å²) < 4.78 is 0.0101. The SMILES string of the molecule is O=c1ccc([N+]23C=CN=CC2=NC(Nc2ccc(Cl)cc2)=N3)c[nH]1. The van der Waals surface area contributed by atoms with Gasteiger partial charge in [-0.3, -0.25) is 9.79 Å². The number of nitrogens with one attached hydrogen (secondary N) is 2. The van der Waals surface area contributed by atoms with Crippen molar-refractivity contribution >= 4 is 41.0 Å². The second kappa shape index (κ2) is 5.55. The number of rotatable bonds is 2. The molecule has 0 fully saturated rings. The molecule has 2 N–H and O–H groups in total. The fraction of sp³-hybridized carbons (Fsp3) is 0. The number of benzene rings is 1. The molecule has 1 aromatic heterocycles. The minimum atomic E-state index is -0.173. The van der Waals surface area contributed by atoms with Crippen molar-refractivity contribution in [2.24, 2.45) is 15.1 Å². The van der Waals surface area contributed by atoms with Gasteiger partial charge in [-0.2, -0.15) is 4.99 Å². The van der Waals surface area contributed by atoms with Crippen molar-refractivity contribution < 1.29 is 0 Å². The van der Waals surface area contributed by atoms with Crippen molar-refractivity contribution in [1.29, 1.82) is 0 Å². The van der Waals surface area contributed by atoms with Crippen LogP contribution in [0.4, 0.5) is 11.4 Å². The topological polar surface area (TPSA) is 82.0 Å². The number of hydrogen-bond donors (Lipinski definition) is 2. The fourth-order valence-corrected chi connectivity index (χ4v) is 2.61. The first-order chi connectivity index (χ1) is 11.7. The lowest BCUT2D eigenvalue weighted by atomic mass is 10.3. The van der Waals surface area contributed by atoms with E-state index in [9.17, 15) is 4.79 Å². The van der Waals surface area contributed by atoms with Gasteiger partial charge < -0.3 is 10.3 Å². The Hall–Kier alpha value is -3.03. The van der Waals surface area contributed by atoms with E-state index >= 15 is 0 Å². The van der Waals surface area contributed by atoms with Crippen LogP contribution in [0.15, 0.2) is 74.9 Å². The van der Waals surface area contributed by atoms with Crippen LogP contribution in [0.5, 0.6) is 0 Å². The standard InChI is InChI=1S/C16H11ClN6O/c17-11-1-3-12(4-2-11)20-16-21-14-10-18-7-8-23(14,22-16)13-5-6-15(24)19-9-13/h1-10H,(H-,19,20,22,24)/p+1. The number of aromatic amines is 1. The second-order valence-electron chi connectivity index (χ2n) is 5.20. The van der Waals surface area contributed by atoms with Crippen LogP contribution in [0.2, 0.25) is 5.02 Å². The first kappa shape index (κ1) is 14.6. The summed E-state index contributed by atoms with van der Waals surface area (Å²) in [5, 5.41) is 8.47. The number of aromatic nitrogens is 1. The molecule has 1 unspecified atom stereocenters. The lowest BCUT2D eigenvalue weighted by molar-refractivity contribution is 0.590. The van der Waals surface area contributed by atoms with Crippen LogP contribution in [0.25, 0.3) is 0 Å². The number of pyridine rings is 1. The fourth-order valence-electron chi connectivity index (χ4n) is 2.48. The van der Waals surface area contributed by atoms with Gasteiger partial charge in [-0.25, -0.2) is 0 Å². The summed E-state index contributed by atoms with van der Waals surface area (Å²) >= 11 is 5.90. The monoisotopic (exact) mass is 339 g/mol. The number of amidine groups is 1. The Morgan fingerprint density at radius 2 is 1.96 bits per heavy atom. The first-order valence-corrected chi connectivity index (χ1v) is 7.55. The second-order valence-corrected chi connectivity index (χ2v) is 5.63. The summed E-state index contributed by atoms with van der Waals surface area (Å²) in [6.45, 7) is 0. The van der Waals surface area contributed by atoms with Gasteiger partial charge in [0.1, 0.15) is 6.21 Å². The van der Waals surface area contributed by atoms with Crippen molar-refractivity contribution in [3.8, 4) is 0 Å². The number of H-pyrrole nitrogens is 1. The summed E-state index contributed by atoms with van der Waals surface area (Å²) in [7, 11) is 0. The van der Waals surface area contributed by atoms with E-state index in [1.54, 1.807) is 43.0 Å². The molecule has 8 heteroatoms. The first-order valence-electron chi connectivity index (χ1n) is 7.17. The Bertz CT molecular complexity index is 952. The van der Waals surface area contributed by atoms with E-state index in [-0.39, 0.29) is 10.2 Å². The zero-order chi connectivity index (χ0) is 16.6. The maximum Gasteiger partial charge on any atom is 0.287 e. The van der Waals surface area contributed by atoms with Gasteiger partial charge in [-0.1, -0.05) is 16.2 Å². The molecule has 2 aliphatic heterocycles. The predicted molar refractivity (Wildman–Crippen MR) is 96.4 cm³/mol. The summed E-state index contributed by atoms with van der Waals surface area (Å²) in [6, 6.07) is 10.4. The summed E-state index contributed by atoms with van der Waals surface area (Å²) in [5.41, 5.74) is 1.40. The molecule has 0 bridgehead atoms. The van der Waals surface area contributed by atoms with Crippen LogP contribution in [0.3, 0.4) is 0 Å². The maximum atomic E-state index is 11.3. The summed E-state index contributed by atoms with van der Waals surface area (Å²) in [4.78, 5) is 22.6. The molecule has 0 saturated carbocycles. The van der Waals surface area contributed by atoms with Crippen molar-refractivity contribution in [2.75, 3.05) is 5.32 Å². The van der Waals surface area contributed by atoms with E-state index in [1.165, 1.54) is 6.07 Å². The highest BCUT2D eigenvalue weighted by Crippen LogP contribution is 2.29. The van der Waals surface area contributed by atoms with Gasteiger partial charge in [0.2, 0.25) is 5.56 Å². The van der Waals surface area contributed by atoms with E-state index in [1.807, 2.05) is 12.1 Å². The molecule has 0 saturated heterocycles. The van der Waals surface area contributed by atoms with E-state index < -0.39 is 0 Å². The molecule has 1 atom stereocenters. The third kappa shape index (κ3) is 2.45. The Balaban J connectivity index is 1.74. The van der Waals surface area contributed by atoms with Crippen LogP contribution in [0.1, 0.15) is 0 Å². The van der Waals surface area contributed by atoms with Crippen molar-refractivity contribution in [2.45, 2.75) is 0 Å². The lowest BCUT2D eigenvalue weighted by Gasteiger charge is -2.23. The lowest BCUT2D eigenvalue weighted by Crippen LogP contribution is -2.44. The van der Waals surface area contributed by atoms with E-state index in [4.69, 9.17) is 11.6 Å². The van der Waals surface area contributed by atoms with Gasteiger partial charge in [0.25, 0.3) is 11.8 Å². The largest absolute Gasteiger partial charge is 0.323 e. The molecule has 0 aliphatic carbocycles. The molecule has 4 rings (SSSR count). The molecule has 1 aromatic carbocycles. The number of aliphatic imine (C=N–C) groups is 2. The van der Waals surface area contributed by atoms with Crippen LogP contribution in [-0.2, 0) is 0 Å². The van der Waals surface area contributed by atoms with Gasteiger partial charge >= 0.3 is 0 Å². The zero-order valence-electron chi connectivity index (χ0n) is 12.3. The normalized spacial score (nSPS) is 21.2. The zero-order valence-corrected chi connectivity index (χ0v) is 13.1. The van der Waals surface area contributed by atoms with Crippen LogP contribution in [0, 0.1) is 0 Å². The molecule has 0 amide bonds. The average Bonchev–Trinajstić information content (AvgIpc) is 2.96. The molecular formula is C16H12ClN6O+. The highest BCUT2D eigenvalue weighted by molar-refractivity contribution is 6.38. The molecule has 24 heavy (non-hydrogen) atoms. The maximum absolute atomic E-state index is 11.3. The Morgan fingerprint density at radius 1 is 1.12 bits per heavy atom. The van der Waals surface area contributed by atoms with Gasteiger partial charge in [0, 0.05) is 22.8 Å². The van der Waals surface area contributed by atoms with Crippen molar-refractivity contribution in [3.63, 3.8) is 0 Å². The number of nitrogens with zero attached hydrogens (tertiary/aromatic N) is 4. The number of fused-ring (bicyclic) bond motifs is 1. The van der Waals surface area contributed by atoms with Crippen molar-refractivity contribution in [3.05, 3.63) is 70.4 Å². The Kier molecular flexibility index (Phi) is 3.37. The van der Waals surface area contributed by atoms with Crippen LogP contribution < -0.4 is 15.5 Å². The minimum absolute atomic E-state index is 0.0101.